The van der Waals surface area contributed by atoms with Crippen LogP contribution in [0.15, 0.2) is 21.2 Å². The van der Waals surface area contributed by atoms with Crippen LogP contribution in [-0.4, -0.2) is 35.8 Å². The molecule has 1 aliphatic rings. The third-order valence-corrected chi connectivity index (χ3v) is 4.01. The average Bonchev–Trinajstić information content (AvgIpc) is 2.68. The van der Waals surface area contributed by atoms with Gasteiger partial charge in [0.15, 0.2) is 0 Å². The summed E-state index contributed by atoms with van der Waals surface area (Å²) in [5.74, 6) is 0.296. The molecule has 0 spiro atoms. The van der Waals surface area contributed by atoms with Gasteiger partial charge in [-0.1, -0.05) is 0 Å². The zero-order chi connectivity index (χ0) is 12.3. The highest BCUT2D eigenvalue weighted by molar-refractivity contribution is 9.11. The zero-order valence-electron chi connectivity index (χ0n) is 9.70. The van der Waals surface area contributed by atoms with Gasteiger partial charge in [0.2, 0.25) is 0 Å². The zero-order valence-corrected chi connectivity index (χ0v) is 13.7. The molecular weight excluding hydrogens is 385 g/mol. The van der Waals surface area contributed by atoms with Crippen LogP contribution in [0.2, 0.25) is 0 Å². The van der Waals surface area contributed by atoms with E-state index in [1.807, 2.05) is 6.07 Å². The summed E-state index contributed by atoms with van der Waals surface area (Å²) < 4.78 is 1.95. The number of hydrogen-bond donors (Lipinski definition) is 3. The van der Waals surface area contributed by atoms with Gasteiger partial charge in [-0.15, -0.1) is 12.4 Å². The molecule has 1 aliphatic heterocycles. The minimum absolute atomic E-state index is 0. The van der Waals surface area contributed by atoms with E-state index in [4.69, 9.17) is 0 Å². The van der Waals surface area contributed by atoms with Crippen LogP contribution < -0.4 is 10.6 Å². The Hall–Kier alpha value is 0.280. The minimum atomic E-state index is -0.233. The molecule has 2 rings (SSSR count). The van der Waals surface area contributed by atoms with Gasteiger partial charge in [0.25, 0.3) is 0 Å². The molecule has 0 aliphatic carbocycles. The summed E-state index contributed by atoms with van der Waals surface area (Å²) in [4.78, 5) is 4.33. The Kier molecular flexibility index (Phi) is 7.05. The lowest BCUT2D eigenvalue weighted by atomic mass is 10.1. The quantitative estimate of drug-likeness (QED) is 0.719. The van der Waals surface area contributed by atoms with Crippen LogP contribution in [0.25, 0.3) is 0 Å². The predicted octanol–water partition coefficient (Wildman–Crippen LogP) is 1.70. The molecule has 3 N–H and O–H groups in total. The van der Waals surface area contributed by atoms with Crippen molar-refractivity contribution in [2.45, 2.75) is 12.6 Å². The van der Waals surface area contributed by atoms with E-state index in [0.29, 0.717) is 19.0 Å². The van der Waals surface area contributed by atoms with Crippen LogP contribution in [0, 0.1) is 5.92 Å². The van der Waals surface area contributed by atoms with Crippen LogP contribution in [0.1, 0.15) is 5.69 Å². The largest absolute Gasteiger partial charge is 0.391 e. The molecule has 1 aromatic heterocycles. The first-order valence-electron chi connectivity index (χ1n) is 5.56. The van der Waals surface area contributed by atoms with Crippen LogP contribution in [0.5, 0.6) is 0 Å². The second-order valence-electron chi connectivity index (χ2n) is 4.20. The molecule has 0 aromatic carbocycles. The summed E-state index contributed by atoms with van der Waals surface area (Å²) in [6.45, 7) is 3.09. The third kappa shape index (κ3) is 4.43. The molecule has 0 radical (unpaired) electrons. The lowest BCUT2D eigenvalue weighted by Crippen LogP contribution is -2.30. The fourth-order valence-corrected chi connectivity index (χ4v) is 3.00. The number of hydrogen-bond acceptors (Lipinski definition) is 4. The van der Waals surface area contributed by atoms with E-state index in [1.165, 1.54) is 0 Å². The van der Waals surface area contributed by atoms with Gasteiger partial charge in [-0.3, -0.25) is 4.98 Å². The standard InChI is InChI=1S/C11H15Br2N3O.ClH/c12-8-1-9(13)10(16-4-8)5-14-2-7-3-15-6-11(7)17;/h1,4,7,11,14-15,17H,2-3,5-6H2;1H. The number of aromatic nitrogens is 1. The van der Waals surface area contributed by atoms with Gasteiger partial charge in [-0.25, -0.2) is 0 Å². The molecule has 0 bridgehead atoms. The number of halogens is 3. The number of nitrogens with one attached hydrogen (secondary N) is 2. The molecule has 2 atom stereocenters. The normalized spacial score (nSPS) is 22.8. The van der Waals surface area contributed by atoms with Crippen molar-refractivity contribution in [3.8, 4) is 0 Å². The summed E-state index contributed by atoms with van der Waals surface area (Å²) in [5, 5.41) is 16.1. The Balaban J connectivity index is 0.00000162. The third-order valence-electron chi connectivity index (χ3n) is 2.89. The van der Waals surface area contributed by atoms with Crippen molar-refractivity contribution in [2.75, 3.05) is 19.6 Å². The summed E-state index contributed by atoms with van der Waals surface area (Å²) in [6, 6.07) is 1.98. The fraction of sp³-hybridized carbons (Fsp3) is 0.545. The molecule has 0 amide bonds. The number of β-amino-alcohol motifs (C(OH)–C–C–N with tert-alkyl or cyclic N) is 1. The Bertz CT molecular complexity index is 395. The maximum atomic E-state index is 9.64. The van der Waals surface area contributed by atoms with Crippen LogP contribution >= 0.6 is 44.3 Å². The average molecular weight is 402 g/mol. The lowest BCUT2D eigenvalue weighted by molar-refractivity contribution is 0.146. The van der Waals surface area contributed by atoms with Gasteiger partial charge >= 0.3 is 0 Å². The van der Waals surface area contributed by atoms with Crippen molar-refractivity contribution >= 4 is 44.3 Å². The smallest absolute Gasteiger partial charge is 0.0716 e. The summed E-state index contributed by atoms with van der Waals surface area (Å²) >= 11 is 6.85. The van der Waals surface area contributed by atoms with Crippen molar-refractivity contribution in [3.63, 3.8) is 0 Å². The maximum absolute atomic E-state index is 9.64. The van der Waals surface area contributed by atoms with Crippen LogP contribution in [-0.2, 0) is 6.54 Å². The molecule has 4 nitrogen and oxygen atoms in total. The molecule has 7 heteroatoms. The van der Waals surface area contributed by atoms with Crippen molar-refractivity contribution in [1.29, 1.82) is 0 Å². The van der Waals surface area contributed by atoms with Gasteiger partial charge < -0.3 is 15.7 Å². The maximum Gasteiger partial charge on any atom is 0.0716 e. The monoisotopic (exact) mass is 399 g/mol. The lowest BCUT2D eigenvalue weighted by Gasteiger charge is -2.14. The topological polar surface area (TPSA) is 57.2 Å². The van der Waals surface area contributed by atoms with Crippen molar-refractivity contribution < 1.29 is 5.11 Å². The van der Waals surface area contributed by atoms with Crippen molar-refractivity contribution in [1.82, 2.24) is 15.6 Å². The molecule has 1 fully saturated rings. The van der Waals surface area contributed by atoms with Gasteiger partial charge in [0.05, 0.1) is 11.8 Å². The Morgan fingerprint density at radius 2 is 2.22 bits per heavy atom. The molecule has 18 heavy (non-hydrogen) atoms. The Morgan fingerprint density at radius 3 is 2.83 bits per heavy atom. The first-order valence-corrected chi connectivity index (χ1v) is 7.15. The number of aliphatic hydroxyl groups excluding tert-OH is 1. The summed E-state index contributed by atoms with van der Waals surface area (Å²) in [7, 11) is 0. The summed E-state index contributed by atoms with van der Waals surface area (Å²) in [6.07, 6.45) is 1.55. The first-order chi connectivity index (χ1) is 8.16. The van der Waals surface area contributed by atoms with Crippen molar-refractivity contribution in [2.24, 2.45) is 5.92 Å². The van der Waals surface area contributed by atoms with Crippen molar-refractivity contribution in [3.05, 3.63) is 26.9 Å². The fourth-order valence-electron chi connectivity index (χ4n) is 1.88. The Morgan fingerprint density at radius 1 is 1.44 bits per heavy atom. The molecular formula is C11H16Br2ClN3O. The van der Waals surface area contributed by atoms with E-state index in [-0.39, 0.29) is 18.5 Å². The number of pyridine rings is 1. The second kappa shape index (κ2) is 7.77. The van der Waals surface area contributed by atoms with Gasteiger partial charge in [0, 0.05) is 47.2 Å². The first kappa shape index (κ1) is 16.3. The van der Waals surface area contributed by atoms with E-state index in [2.05, 4.69) is 47.5 Å². The number of aliphatic hydroxyl groups is 1. The van der Waals surface area contributed by atoms with Gasteiger partial charge in [-0.2, -0.15) is 0 Å². The van der Waals surface area contributed by atoms with E-state index in [1.54, 1.807) is 6.20 Å². The van der Waals surface area contributed by atoms with Gasteiger partial charge in [-0.05, 0) is 37.9 Å². The molecule has 2 unspecified atom stereocenters. The Labute approximate surface area is 130 Å². The predicted molar refractivity (Wildman–Crippen MR) is 81.0 cm³/mol. The van der Waals surface area contributed by atoms with Gasteiger partial charge in [0.1, 0.15) is 0 Å². The number of nitrogens with zero attached hydrogens (tertiary/aromatic N) is 1. The highest BCUT2D eigenvalue weighted by Gasteiger charge is 2.24. The molecule has 102 valence electrons. The highest BCUT2D eigenvalue weighted by atomic mass is 79.9. The van der Waals surface area contributed by atoms with E-state index in [9.17, 15) is 5.11 Å². The summed E-state index contributed by atoms with van der Waals surface area (Å²) in [5.41, 5.74) is 0.980. The minimum Gasteiger partial charge on any atom is -0.391 e. The van der Waals surface area contributed by atoms with E-state index in [0.717, 1.165) is 27.7 Å². The van der Waals surface area contributed by atoms with E-state index < -0.39 is 0 Å². The second-order valence-corrected chi connectivity index (χ2v) is 5.97. The molecule has 0 saturated carbocycles. The molecule has 1 aromatic rings. The highest BCUT2D eigenvalue weighted by Crippen LogP contribution is 2.19. The number of rotatable bonds is 4. The van der Waals surface area contributed by atoms with Crippen LogP contribution in [0.4, 0.5) is 0 Å². The van der Waals surface area contributed by atoms with E-state index >= 15 is 0 Å². The van der Waals surface area contributed by atoms with Crippen LogP contribution in [0.3, 0.4) is 0 Å². The molecule has 1 saturated heterocycles. The SMILES string of the molecule is Cl.OC1CNCC1CNCc1ncc(Br)cc1Br. The molecule has 2 heterocycles.